The van der Waals surface area contributed by atoms with E-state index in [0.29, 0.717) is 24.3 Å². The highest BCUT2D eigenvalue weighted by Gasteiger charge is 2.26. The molecule has 12 heavy (non-hydrogen) atoms. The lowest BCUT2D eigenvalue weighted by molar-refractivity contribution is -0.128. The average molecular weight is 170 g/mol. The van der Waals surface area contributed by atoms with E-state index in [1.165, 1.54) is 0 Å². The number of amides is 1. The largest absolute Gasteiger partial charge is 0.342 e. The first-order chi connectivity index (χ1) is 5.63. The Morgan fingerprint density at radius 1 is 1.75 bits per heavy atom. The van der Waals surface area contributed by atoms with Gasteiger partial charge in [-0.3, -0.25) is 4.79 Å². The van der Waals surface area contributed by atoms with Crippen LogP contribution in [0, 0.1) is 11.8 Å². The van der Waals surface area contributed by atoms with Crippen LogP contribution in [-0.4, -0.2) is 30.4 Å². The minimum atomic E-state index is 0.294. The maximum absolute atomic E-state index is 11.3. The number of nitrogens with two attached hydrogens (primary N) is 1. The fourth-order valence-corrected chi connectivity index (χ4v) is 1.60. The van der Waals surface area contributed by atoms with Gasteiger partial charge in [-0.25, -0.2) is 0 Å². The van der Waals surface area contributed by atoms with Crippen molar-refractivity contribution in [3.8, 4) is 0 Å². The van der Waals surface area contributed by atoms with Crippen LogP contribution in [0.1, 0.15) is 20.3 Å². The summed E-state index contributed by atoms with van der Waals surface area (Å²) in [5.74, 6) is 1.25. The van der Waals surface area contributed by atoms with Crippen molar-refractivity contribution < 1.29 is 4.79 Å². The second-order valence-corrected chi connectivity index (χ2v) is 3.95. The van der Waals surface area contributed by atoms with Crippen LogP contribution in [0.4, 0.5) is 0 Å². The predicted octanol–water partition coefficient (Wildman–Crippen LogP) is 0.450. The minimum absolute atomic E-state index is 0.294. The van der Waals surface area contributed by atoms with Crippen LogP contribution in [0.5, 0.6) is 0 Å². The predicted molar refractivity (Wildman–Crippen MR) is 48.6 cm³/mol. The number of nitrogens with zero attached hydrogens (tertiary/aromatic N) is 1. The lowest BCUT2D eigenvalue weighted by Gasteiger charge is -2.19. The Labute approximate surface area is 73.9 Å². The summed E-state index contributed by atoms with van der Waals surface area (Å²) in [6, 6.07) is 0. The third kappa shape index (κ3) is 2.21. The highest BCUT2D eigenvalue weighted by Crippen LogP contribution is 2.17. The Morgan fingerprint density at radius 3 is 2.83 bits per heavy atom. The molecule has 3 nitrogen and oxygen atoms in total. The van der Waals surface area contributed by atoms with Gasteiger partial charge in [-0.15, -0.1) is 0 Å². The van der Waals surface area contributed by atoms with Crippen LogP contribution in [0.15, 0.2) is 0 Å². The first kappa shape index (κ1) is 9.52. The first-order valence-electron chi connectivity index (χ1n) is 4.61. The van der Waals surface area contributed by atoms with Crippen LogP contribution < -0.4 is 5.73 Å². The first-order valence-corrected chi connectivity index (χ1v) is 4.61. The van der Waals surface area contributed by atoms with Crippen molar-refractivity contribution in [2.24, 2.45) is 17.6 Å². The lowest BCUT2D eigenvalue weighted by atomic mass is 10.1. The smallest absolute Gasteiger partial charge is 0.222 e. The molecule has 2 N–H and O–H groups in total. The normalized spacial score (nSPS) is 26.4. The molecule has 0 radical (unpaired) electrons. The maximum Gasteiger partial charge on any atom is 0.222 e. The molecule has 0 bridgehead atoms. The van der Waals surface area contributed by atoms with E-state index in [9.17, 15) is 4.79 Å². The van der Waals surface area contributed by atoms with E-state index < -0.39 is 0 Å². The molecular weight excluding hydrogens is 152 g/mol. The number of rotatable bonds is 3. The SMILES string of the molecule is CC(CN)CN1CC(C)CC1=O. The molecule has 1 aliphatic heterocycles. The van der Waals surface area contributed by atoms with Crippen LogP contribution in [-0.2, 0) is 4.79 Å². The molecule has 1 fully saturated rings. The molecular formula is C9H18N2O. The van der Waals surface area contributed by atoms with Gasteiger partial charge >= 0.3 is 0 Å². The van der Waals surface area contributed by atoms with Gasteiger partial charge in [0.25, 0.3) is 0 Å². The highest BCUT2D eigenvalue weighted by atomic mass is 16.2. The number of likely N-dealkylation sites (tertiary alicyclic amines) is 1. The van der Waals surface area contributed by atoms with E-state index in [0.717, 1.165) is 19.5 Å². The Hall–Kier alpha value is -0.570. The van der Waals surface area contributed by atoms with E-state index >= 15 is 0 Å². The molecule has 0 aromatic rings. The average Bonchev–Trinajstić information content (AvgIpc) is 2.30. The number of carbonyl (C=O) groups is 1. The minimum Gasteiger partial charge on any atom is -0.342 e. The Balaban J connectivity index is 2.37. The van der Waals surface area contributed by atoms with E-state index in [1.54, 1.807) is 0 Å². The second-order valence-electron chi connectivity index (χ2n) is 3.95. The quantitative estimate of drug-likeness (QED) is 0.668. The van der Waals surface area contributed by atoms with Gasteiger partial charge in [0.1, 0.15) is 0 Å². The van der Waals surface area contributed by atoms with Gasteiger partial charge in [-0.2, -0.15) is 0 Å². The fourth-order valence-electron chi connectivity index (χ4n) is 1.60. The van der Waals surface area contributed by atoms with Crippen LogP contribution >= 0.6 is 0 Å². The molecule has 3 heteroatoms. The zero-order chi connectivity index (χ0) is 9.14. The van der Waals surface area contributed by atoms with Gasteiger partial charge in [-0.1, -0.05) is 13.8 Å². The lowest BCUT2D eigenvalue weighted by Crippen LogP contribution is -2.32. The van der Waals surface area contributed by atoms with E-state index in [-0.39, 0.29) is 0 Å². The summed E-state index contributed by atoms with van der Waals surface area (Å²) in [6.07, 6.45) is 0.720. The number of hydrogen-bond donors (Lipinski definition) is 1. The van der Waals surface area contributed by atoms with Crippen molar-refractivity contribution in [2.75, 3.05) is 19.6 Å². The number of hydrogen-bond acceptors (Lipinski definition) is 2. The van der Waals surface area contributed by atoms with Crippen LogP contribution in [0.3, 0.4) is 0 Å². The van der Waals surface area contributed by atoms with Gasteiger partial charge in [0.05, 0.1) is 0 Å². The van der Waals surface area contributed by atoms with Gasteiger partial charge < -0.3 is 10.6 Å². The third-order valence-corrected chi connectivity index (χ3v) is 2.34. The molecule has 0 spiro atoms. The van der Waals surface area contributed by atoms with Crippen molar-refractivity contribution in [2.45, 2.75) is 20.3 Å². The summed E-state index contributed by atoms with van der Waals surface area (Å²) in [5, 5.41) is 0. The Morgan fingerprint density at radius 2 is 2.42 bits per heavy atom. The van der Waals surface area contributed by atoms with E-state index in [2.05, 4.69) is 13.8 Å². The van der Waals surface area contributed by atoms with Gasteiger partial charge in [0.15, 0.2) is 0 Å². The molecule has 0 saturated carbocycles. The van der Waals surface area contributed by atoms with Crippen molar-refractivity contribution >= 4 is 5.91 Å². The van der Waals surface area contributed by atoms with Gasteiger partial charge in [-0.05, 0) is 18.4 Å². The molecule has 0 aromatic carbocycles. The summed E-state index contributed by atoms with van der Waals surface area (Å²) in [6.45, 7) is 6.61. The zero-order valence-corrected chi connectivity index (χ0v) is 7.92. The molecule has 2 atom stereocenters. The molecule has 0 aromatic heterocycles. The molecule has 1 rings (SSSR count). The molecule has 70 valence electrons. The summed E-state index contributed by atoms with van der Waals surface area (Å²) < 4.78 is 0. The maximum atomic E-state index is 11.3. The van der Waals surface area contributed by atoms with Gasteiger partial charge in [0.2, 0.25) is 5.91 Å². The molecule has 2 unspecified atom stereocenters. The third-order valence-electron chi connectivity index (χ3n) is 2.34. The molecule has 1 aliphatic rings. The summed E-state index contributed by atoms with van der Waals surface area (Å²) >= 11 is 0. The topological polar surface area (TPSA) is 46.3 Å². The summed E-state index contributed by atoms with van der Waals surface area (Å²) in [4.78, 5) is 13.3. The highest BCUT2D eigenvalue weighted by molar-refractivity contribution is 5.78. The zero-order valence-electron chi connectivity index (χ0n) is 7.92. The number of carbonyl (C=O) groups excluding carboxylic acids is 1. The fraction of sp³-hybridized carbons (Fsp3) is 0.889. The van der Waals surface area contributed by atoms with Crippen LogP contribution in [0.2, 0.25) is 0 Å². The van der Waals surface area contributed by atoms with Crippen molar-refractivity contribution in [3.63, 3.8) is 0 Å². The Kier molecular flexibility index (Phi) is 3.09. The molecule has 1 amide bonds. The van der Waals surface area contributed by atoms with E-state index in [1.807, 2.05) is 4.90 Å². The molecule has 0 aliphatic carbocycles. The second kappa shape index (κ2) is 3.90. The van der Waals surface area contributed by atoms with Crippen molar-refractivity contribution in [1.82, 2.24) is 4.90 Å². The molecule has 1 saturated heterocycles. The van der Waals surface area contributed by atoms with Crippen molar-refractivity contribution in [1.29, 1.82) is 0 Å². The van der Waals surface area contributed by atoms with Gasteiger partial charge in [0, 0.05) is 19.5 Å². The summed E-state index contributed by atoms with van der Waals surface area (Å²) in [5.41, 5.74) is 5.49. The molecule has 1 heterocycles. The standard InChI is InChI=1S/C9H18N2O/c1-7-3-9(12)11(5-7)6-8(2)4-10/h7-8H,3-6,10H2,1-2H3. The van der Waals surface area contributed by atoms with Crippen molar-refractivity contribution in [3.05, 3.63) is 0 Å². The monoisotopic (exact) mass is 170 g/mol. The van der Waals surface area contributed by atoms with Crippen LogP contribution in [0.25, 0.3) is 0 Å². The van der Waals surface area contributed by atoms with E-state index in [4.69, 9.17) is 5.73 Å². The Bertz CT molecular complexity index is 170. The summed E-state index contributed by atoms with van der Waals surface area (Å²) in [7, 11) is 0.